The Morgan fingerprint density at radius 2 is 1.68 bits per heavy atom. The molecule has 0 aromatic heterocycles. The molecule has 3 N–H and O–H groups in total. The van der Waals surface area contributed by atoms with Gasteiger partial charge in [0.1, 0.15) is 6.61 Å². The lowest BCUT2D eigenvalue weighted by Gasteiger charge is -2.07. The van der Waals surface area contributed by atoms with Gasteiger partial charge in [-0.05, 0) is 24.6 Å². The maximum absolute atomic E-state index is 11.9. The quantitative estimate of drug-likeness (QED) is 0.581. The van der Waals surface area contributed by atoms with E-state index in [0.29, 0.717) is 17.7 Å². The molecule has 120 valence electrons. The third-order valence-corrected chi connectivity index (χ3v) is 2.68. The largest absolute Gasteiger partial charge is 0.480 e. The zero-order chi connectivity index (χ0) is 16.4. The number of carbonyl (C=O) groups excluding carboxylic acids is 2. The van der Waals surface area contributed by atoms with Gasteiger partial charge in [0.15, 0.2) is 0 Å². The molecule has 0 saturated carbocycles. The minimum absolute atomic E-state index is 0.106. The van der Waals surface area contributed by atoms with E-state index in [4.69, 9.17) is 9.84 Å². The molecule has 0 saturated heterocycles. The number of carboxylic acid groups (broad SMARTS) is 1. The number of nitrogens with one attached hydrogen (secondary N) is 2. The summed E-state index contributed by atoms with van der Waals surface area (Å²) in [6.45, 7) is 2.43. The Bertz CT molecular complexity index is 530. The van der Waals surface area contributed by atoms with Gasteiger partial charge in [0.25, 0.3) is 11.8 Å². The number of amides is 2. The highest BCUT2D eigenvalue weighted by Gasteiger charge is 2.09. The van der Waals surface area contributed by atoms with Crippen molar-refractivity contribution in [2.24, 2.45) is 0 Å². The van der Waals surface area contributed by atoms with E-state index in [1.54, 1.807) is 18.2 Å². The van der Waals surface area contributed by atoms with Crippen LogP contribution in [0.25, 0.3) is 0 Å². The van der Waals surface area contributed by atoms with Crippen molar-refractivity contribution in [3.63, 3.8) is 0 Å². The molecule has 0 aliphatic heterocycles. The van der Waals surface area contributed by atoms with Gasteiger partial charge in [-0.2, -0.15) is 0 Å². The molecule has 0 radical (unpaired) electrons. The Labute approximate surface area is 128 Å². The molecule has 7 heteroatoms. The molecule has 1 rings (SSSR count). The van der Waals surface area contributed by atoms with Crippen LogP contribution in [0.3, 0.4) is 0 Å². The molecule has 2 amide bonds. The summed E-state index contributed by atoms with van der Waals surface area (Å²) in [5.41, 5.74) is 0.783. The van der Waals surface area contributed by atoms with Gasteiger partial charge < -0.3 is 20.5 Å². The first kappa shape index (κ1) is 17.6. The van der Waals surface area contributed by atoms with Crippen LogP contribution in [-0.2, 0) is 9.53 Å². The summed E-state index contributed by atoms with van der Waals surface area (Å²) in [6, 6.07) is 6.39. The van der Waals surface area contributed by atoms with E-state index in [1.165, 1.54) is 6.07 Å². The van der Waals surface area contributed by atoms with Crippen molar-refractivity contribution in [3.05, 3.63) is 35.4 Å². The normalized spacial score (nSPS) is 10.0. The van der Waals surface area contributed by atoms with Crippen molar-refractivity contribution in [1.29, 1.82) is 0 Å². The molecular weight excluding hydrogens is 288 g/mol. The van der Waals surface area contributed by atoms with Crippen LogP contribution >= 0.6 is 0 Å². The fourth-order valence-electron chi connectivity index (χ4n) is 1.64. The number of rotatable bonds is 9. The van der Waals surface area contributed by atoms with E-state index in [9.17, 15) is 14.4 Å². The van der Waals surface area contributed by atoms with Gasteiger partial charge in [-0.25, -0.2) is 4.79 Å². The third-order valence-electron chi connectivity index (χ3n) is 2.68. The second-order valence-electron chi connectivity index (χ2n) is 4.54. The fourth-order valence-corrected chi connectivity index (χ4v) is 1.64. The maximum Gasteiger partial charge on any atom is 0.329 e. The Hall–Kier alpha value is -2.41. The van der Waals surface area contributed by atoms with Crippen LogP contribution in [0, 0.1) is 0 Å². The molecule has 0 unspecified atom stereocenters. The van der Waals surface area contributed by atoms with Crippen LogP contribution in [0.15, 0.2) is 24.3 Å². The predicted molar refractivity (Wildman–Crippen MR) is 79.9 cm³/mol. The molecule has 0 spiro atoms. The maximum atomic E-state index is 11.9. The first-order valence-electron chi connectivity index (χ1n) is 7.00. The number of hydrogen-bond acceptors (Lipinski definition) is 4. The summed E-state index contributed by atoms with van der Waals surface area (Å²) in [4.78, 5) is 34.0. The molecule has 22 heavy (non-hydrogen) atoms. The molecule has 0 atom stereocenters. The van der Waals surface area contributed by atoms with Gasteiger partial charge in [-0.15, -0.1) is 0 Å². The van der Waals surface area contributed by atoms with Crippen LogP contribution in [0.5, 0.6) is 0 Å². The van der Waals surface area contributed by atoms with Gasteiger partial charge in [0.2, 0.25) is 0 Å². The number of hydrogen-bond donors (Lipinski definition) is 3. The van der Waals surface area contributed by atoms with Crippen molar-refractivity contribution in [2.75, 3.05) is 26.3 Å². The minimum atomic E-state index is -1.06. The fraction of sp³-hybridized carbons (Fsp3) is 0.400. The van der Waals surface area contributed by atoms with Gasteiger partial charge >= 0.3 is 5.97 Å². The summed E-state index contributed by atoms with van der Waals surface area (Å²) < 4.78 is 4.81. The summed E-state index contributed by atoms with van der Waals surface area (Å²) in [6.07, 6.45) is 0.836. The summed E-state index contributed by atoms with van der Waals surface area (Å²) in [5, 5.41) is 13.7. The van der Waals surface area contributed by atoms with Gasteiger partial charge in [-0.1, -0.05) is 13.0 Å². The molecule has 1 aromatic carbocycles. The first-order chi connectivity index (χ1) is 10.5. The second kappa shape index (κ2) is 9.51. The van der Waals surface area contributed by atoms with Gasteiger partial charge in [0.05, 0.1) is 6.61 Å². The van der Waals surface area contributed by atoms with Crippen LogP contribution < -0.4 is 10.6 Å². The topological polar surface area (TPSA) is 105 Å². The molecule has 0 aliphatic rings. The van der Waals surface area contributed by atoms with E-state index in [1.807, 2.05) is 6.92 Å². The number of ether oxygens (including phenoxy) is 1. The Kier molecular flexibility index (Phi) is 7.63. The highest BCUT2D eigenvalue weighted by Crippen LogP contribution is 2.05. The van der Waals surface area contributed by atoms with Crippen molar-refractivity contribution in [3.8, 4) is 0 Å². The zero-order valence-electron chi connectivity index (χ0n) is 12.4. The van der Waals surface area contributed by atoms with Gasteiger partial charge in [0, 0.05) is 24.2 Å². The molecule has 0 heterocycles. The van der Waals surface area contributed by atoms with E-state index in [2.05, 4.69) is 10.6 Å². The number of benzene rings is 1. The van der Waals surface area contributed by atoms with Gasteiger partial charge in [-0.3, -0.25) is 9.59 Å². The predicted octanol–water partition coefficient (Wildman–Crippen LogP) is 0.657. The van der Waals surface area contributed by atoms with Crippen LogP contribution in [0.2, 0.25) is 0 Å². The van der Waals surface area contributed by atoms with E-state index in [0.717, 1.165) is 6.42 Å². The van der Waals surface area contributed by atoms with E-state index < -0.39 is 12.6 Å². The minimum Gasteiger partial charge on any atom is -0.480 e. The average Bonchev–Trinajstić information content (AvgIpc) is 2.51. The molecule has 0 bridgehead atoms. The third kappa shape index (κ3) is 6.36. The lowest BCUT2D eigenvalue weighted by Crippen LogP contribution is -2.28. The Morgan fingerprint density at radius 3 is 2.23 bits per heavy atom. The number of aliphatic carboxylic acids is 1. The lowest BCUT2D eigenvalue weighted by atomic mass is 10.1. The first-order valence-corrected chi connectivity index (χ1v) is 7.00. The van der Waals surface area contributed by atoms with Crippen LogP contribution in [0.4, 0.5) is 0 Å². The Morgan fingerprint density at radius 1 is 1.09 bits per heavy atom. The average molecular weight is 308 g/mol. The monoisotopic (exact) mass is 308 g/mol. The smallest absolute Gasteiger partial charge is 0.329 e. The van der Waals surface area contributed by atoms with Crippen LogP contribution in [-0.4, -0.2) is 49.2 Å². The lowest BCUT2D eigenvalue weighted by molar-refractivity contribution is -0.142. The zero-order valence-corrected chi connectivity index (χ0v) is 12.4. The van der Waals surface area contributed by atoms with Crippen molar-refractivity contribution >= 4 is 17.8 Å². The van der Waals surface area contributed by atoms with E-state index >= 15 is 0 Å². The summed E-state index contributed by atoms with van der Waals surface area (Å²) >= 11 is 0. The highest BCUT2D eigenvalue weighted by molar-refractivity contribution is 5.99. The summed E-state index contributed by atoms with van der Waals surface area (Å²) in [7, 11) is 0. The Balaban J connectivity index is 2.48. The SMILES string of the molecule is CCCNC(=O)c1cccc(C(=O)NCCOCC(=O)O)c1. The molecule has 1 aromatic rings. The van der Waals surface area contributed by atoms with Crippen LogP contribution in [0.1, 0.15) is 34.1 Å². The standard InChI is InChI=1S/C15H20N2O5/c1-2-6-16-14(20)11-4-3-5-12(9-11)15(21)17-7-8-22-10-13(18)19/h3-5,9H,2,6-8,10H2,1H3,(H,16,20)(H,17,21)(H,18,19). The second-order valence-corrected chi connectivity index (χ2v) is 4.54. The van der Waals surface area contributed by atoms with E-state index in [-0.39, 0.29) is 25.0 Å². The number of carboxylic acids is 1. The van der Waals surface area contributed by atoms with Crippen molar-refractivity contribution < 1.29 is 24.2 Å². The highest BCUT2D eigenvalue weighted by atomic mass is 16.5. The van der Waals surface area contributed by atoms with Crippen molar-refractivity contribution in [1.82, 2.24) is 10.6 Å². The van der Waals surface area contributed by atoms with Crippen molar-refractivity contribution in [2.45, 2.75) is 13.3 Å². The molecular formula is C15H20N2O5. The number of carbonyl (C=O) groups is 3. The molecule has 7 nitrogen and oxygen atoms in total. The molecule has 0 aliphatic carbocycles. The summed E-state index contributed by atoms with van der Waals surface area (Å²) in [5.74, 6) is -1.62. The molecule has 0 fully saturated rings.